The van der Waals surface area contributed by atoms with Crippen LogP contribution >= 0.6 is 0 Å². The number of anilines is 1. The normalized spacial score (nSPS) is 24.0. The Hall–Kier alpha value is -2.66. The molecule has 180 valence electrons. The molecular weight excluding hydrogens is 448 g/mol. The maximum Gasteiger partial charge on any atom is 0.325 e. The summed E-state index contributed by atoms with van der Waals surface area (Å²) in [4.78, 5) is 38.9. The summed E-state index contributed by atoms with van der Waals surface area (Å²) in [6.07, 6.45) is 4.34. The van der Waals surface area contributed by atoms with Gasteiger partial charge < -0.3 is 15.4 Å². The number of hydrogen-bond donors (Lipinski definition) is 2. The van der Waals surface area contributed by atoms with Gasteiger partial charge in [0.1, 0.15) is 17.8 Å². The van der Waals surface area contributed by atoms with E-state index in [1.807, 2.05) is 0 Å². The number of sulfonamides is 1. The zero-order valence-electron chi connectivity index (χ0n) is 18.9. The highest BCUT2D eigenvalue weighted by molar-refractivity contribution is 7.89. The third kappa shape index (κ3) is 4.56. The lowest BCUT2D eigenvalue weighted by atomic mass is 9.96. The summed E-state index contributed by atoms with van der Waals surface area (Å²) in [5.74, 6) is -0.643. The first-order valence-corrected chi connectivity index (χ1v) is 12.8. The predicted molar refractivity (Wildman–Crippen MR) is 120 cm³/mol. The molecule has 0 bridgehead atoms. The van der Waals surface area contributed by atoms with Crippen LogP contribution in [0.15, 0.2) is 23.1 Å². The van der Waals surface area contributed by atoms with Crippen molar-refractivity contribution in [2.75, 3.05) is 31.6 Å². The fraction of sp³-hybridized carbons (Fsp3) is 0.591. The van der Waals surface area contributed by atoms with Crippen molar-refractivity contribution in [3.8, 4) is 5.75 Å². The van der Waals surface area contributed by atoms with Crippen LogP contribution in [0.1, 0.15) is 46.0 Å². The van der Waals surface area contributed by atoms with Gasteiger partial charge in [0, 0.05) is 13.1 Å². The minimum atomic E-state index is -3.71. The van der Waals surface area contributed by atoms with Gasteiger partial charge in [-0.15, -0.1) is 0 Å². The van der Waals surface area contributed by atoms with E-state index in [4.69, 9.17) is 4.74 Å². The molecule has 1 atom stereocenters. The molecule has 4 rings (SSSR count). The molecule has 2 aliphatic heterocycles. The van der Waals surface area contributed by atoms with Crippen molar-refractivity contribution in [2.45, 2.75) is 56.4 Å². The van der Waals surface area contributed by atoms with Crippen LogP contribution in [0.5, 0.6) is 5.75 Å². The van der Waals surface area contributed by atoms with Gasteiger partial charge in [0.15, 0.2) is 0 Å². The van der Waals surface area contributed by atoms with E-state index in [1.165, 1.54) is 22.5 Å². The minimum absolute atomic E-state index is 0.0550. The van der Waals surface area contributed by atoms with Gasteiger partial charge in [-0.3, -0.25) is 14.5 Å². The molecule has 3 aliphatic rings. The fourth-order valence-corrected chi connectivity index (χ4v) is 5.98. The van der Waals surface area contributed by atoms with Gasteiger partial charge in [0.05, 0.1) is 17.2 Å². The SMILES string of the molecule is CCOc1ccc(S(=O)(=O)N2CCCCC2)cc1NC(=O)CN1C(=O)N[C@](C)(C2CC2)C1=O. The zero-order valence-corrected chi connectivity index (χ0v) is 19.7. The van der Waals surface area contributed by atoms with Crippen molar-refractivity contribution in [3.63, 3.8) is 0 Å². The van der Waals surface area contributed by atoms with Gasteiger partial charge in [-0.25, -0.2) is 13.2 Å². The Morgan fingerprint density at radius 3 is 2.55 bits per heavy atom. The number of rotatable bonds is 8. The molecule has 1 aliphatic carbocycles. The second-order valence-corrected chi connectivity index (χ2v) is 10.8. The molecule has 1 saturated carbocycles. The van der Waals surface area contributed by atoms with Gasteiger partial charge in [0.25, 0.3) is 5.91 Å². The number of carbonyl (C=O) groups is 3. The summed E-state index contributed by atoms with van der Waals surface area (Å²) >= 11 is 0. The summed E-state index contributed by atoms with van der Waals surface area (Å²) in [6, 6.07) is 3.74. The number of hydrogen-bond acceptors (Lipinski definition) is 6. The molecule has 33 heavy (non-hydrogen) atoms. The summed E-state index contributed by atoms with van der Waals surface area (Å²) in [6.45, 7) is 4.22. The van der Waals surface area contributed by atoms with Crippen molar-refractivity contribution in [3.05, 3.63) is 18.2 Å². The number of ether oxygens (including phenoxy) is 1. The van der Waals surface area contributed by atoms with E-state index in [2.05, 4.69) is 10.6 Å². The third-order valence-electron chi connectivity index (χ3n) is 6.47. The van der Waals surface area contributed by atoms with E-state index >= 15 is 0 Å². The Morgan fingerprint density at radius 1 is 1.21 bits per heavy atom. The molecule has 11 heteroatoms. The lowest BCUT2D eigenvalue weighted by molar-refractivity contribution is -0.134. The van der Waals surface area contributed by atoms with Crippen LogP contribution in [-0.4, -0.2) is 67.2 Å². The lowest BCUT2D eigenvalue weighted by Crippen LogP contribution is -2.46. The number of benzene rings is 1. The van der Waals surface area contributed by atoms with E-state index in [1.54, 1.807) is 13.8 Å². The molecule has 0 spiro atoms. The number of carbonyl (C=O) groups excluding carboxylic acids is 3. The van der Waals surface area contributed by atoms with Crippen molar-refractivity contribution in [2.24, 2.45) is 5.92 Å². The van der Waals surface area contributed by atoms with E-state index in [0.29, 0.717) is 25.4 Å². The van der Waals surface area contributed by atoms with Gasteiger partial charge in [-0.1, -0.05) is 6.42 Å². The number of nitrogens with zero attached hydrogens (tertiary/aromatic N) is 2. The van der Waals surface area contributed by atoms with Crippen molar-refractivity contribution in [1.82, 2.24) is 14.5 Å². The Morgan fingerprint density at radius 2 is 1.91 bits per heavy atom. The van der Waals surface area contributed by atoms with Crippen LogP contribution < -0.4 is 15.4 Å². The first-order valence-electron chi connectivity index (χ1n) is 11.4. The van der Waals surface area contributed by atoms with Crippen molar-refractivity contribution in [1.29, 1.82) is 0 Å². The Balaban J connectivity index is 1.52. The van der Waals surface area contributed by atoms with Crippen molar-refractivity contribution >= 4 is 33.6 Å². The molecule has 2 saturated heterocycles. The van der Waals surface area contributed by atoms with E-state index < -0.39 is 40.0 Å². The summed E-state index contributed by atoms with van der Waals surface area (Å²) in [5.41, 5.74) is -0.798. The Bertz CT molecular complexity index is 1060. The van der Waals surface area contributed by atoms with Crippen molar-refractivity contribution < 1.29 is 27.5 Å². The fourth-order valence-electron chi connectivity index (χ4n) is 4.43. The molecule has 1 aromatic rings. The number of urea groups is 1. The number of amides is 4. The zero-order chi connectivity index (χ0) is 23.8. The quantitative estimate of drug-likeness (QED) is 0.550. The van der Waals surface area contributed by atoms with Crippen LogP contribution in [0, 0.1) is 5.92 Å². The monoisotopic (exact) mass is 478 g/mol. The highest BCUT2D eigenvalue weighted by Crippen LogP contribution is 2.42. The molecule has 3 fully saturated rings. The molecule has 2 N–H and O–H groups in total. The van der Waals surface area contributed by atoms with Gasteiger partial charge in [-0.2, -0.15) is 4.31 Å². The topological polar surface area (TPSA) is 125 Å². The smallest absolute Gasteiger partial charge is 0.325 e. The molecular formula is C22H30N4O6S. The Kier molecular flexibility index (Phi) is 6.37. The second-order valence-electron chi connectivity index (χ2n) is 8.90. The largest absolute Gasteiger partial charge is 0.492 e. The standard InChI is InChI=1S/C22H30N4O6S/c1-3-32-18-10-9-16(33(30,31)25-11-5-4-6-12-25)13-17(18)23-19(27)14-26-20(28)22(2,15-7-8-15)24-21(26)29/h9-10,13,15H,3-8,11-12,14H2,1-2H3,(H,23,27)(H,24,29)/t22-/m1/s1. The molecule has 2 heterocycles. The average molecular weight is 479 g/mol. The second kappa shape index (κ2) is 8.94. The van der Waals surface area contributed by atoms with Crippen LogP contribution in [0.4, 0.5) is 10.5 Å². The first-order chi connectivity index (χ1) is 15.7. The van der Waals surface area contributed by atoms with E-state index in [9.17, 15) is 22.8 Å². The van der Waals surface area contributed by atoms with Gasteiger partial charge >= 0.3 is 6.03 Å². The number of imide groups is 1. The molecule has 1 aromatic carbocycles. The molecule has 0 aromatic heterocycles. The maximum absolute atomic E-state index is 13.1. The van der Waals surface area contributed by atoms with E-state index in [-0.39, 0.29) is 16.5 Å². The minimum Gasteiger partial charge on any atom is -0.492 e. The molecule has 10 nitrogen and oxygen atoms in total. The maximum atomic E-state index is 13.1. The molecule has 4 amide bonds. The highest BCUT2D eigenvalue weighted by atomic mass is 32.2. The molecule has 0 radical (unpaired) electrons. The van der Waals surface area contributed by atoms with Crippen LogP contribution in [0.25, 0.3) is 0 Å². The molecule has 0 unspecified atom stereocenters. The van der Waals surface area contributed by atoms with E-state index in [0.717, 1.165) is 37.0 Å². The Labute approximate surface area is 193 Å². The predicted octanol–water partition coefficient (Wildman–Crippen LogP) is 1.92. The van der Waals surface area contributed by atoms with Crippen LogP contribution in [0.2, 0.25) is 0 Å². The van der Waals surface area contributed by atoms with Gasteiger partial charge in [0.2, 0.25) is 15.9 Å². The average Bonchev–Trinajstić information content (AvgIpc) is 3.62. The lowest BCUT2D eigenvalue weighted by Gasteiger charge is -2.26. The third-order valence-corrected chi connectivity index (χ3v) is 8.37. The number of nitrogens with one attached hydrogen (secondary N) is 2. The highest BCUT2D eigenvalue weighted by Gasteiger charge is 2.56. The summed E-state index contributed by atoms with van der Waals surface area (Å²) < 4.78 is 33.1. The summed E-state index contributed by atoms with van der Waals surface area (Å²) in [5, 5.41) is 5.34. The first kappa shape index (κ1) is 23.5. The summed E-state index contributed by atoms with van der Waals surface area (Å²) in [7, 11) is -3.71. The van der Waals surface area contributed by atoms with Crippen LogP contribution in [0.3, 0.4) is 0 Å². The number of piperidine rings is 1. The van der Waals surface area contributed by atoms with Crippen LogP contribution in [-0.2, 0) is 19.6 Å². The van der Waals surface area contributed by atoms with Gasteiger partial charge in [-0.05, 0) is 63.6 Å².